The average Bonchev–Trinajstić information content (AvgIpc) is 2.48. The molecule has 1 aromatic heterocycles. The highest BCUT2D eigenvalue weighted by atomic mass is 16.6. The van der Waals surface area contributed by atoms with Crippen molar-refractivity contribution in [1.29, 1.82) is 0 Å². The number of nitrogens with zero attached hydrogens (tertiary/aromatic N) is 2. The second-order valence-corrected chi connectivity index (χ2v) is 4.15. The number of benzene rings is 1. The molecule has 0 spiro atoms. The highest BCUT2D eigenvalue weighted by Crippen LogP contribution is 2.24. The molecule has 0 atom stereocenters. The third-order valence-electron chi connectivity index (χ3n) is 2.78. The van der Waals surface area contributed by atoms with Gasteiger partial charge in [-0.25, -0.2) is 0 Å². The van der Waals surface area contributed by atoms with Crippen molar-refractivity contribution in [3.8, 4) is 0 Å². The summed E-state index contributed by atoms with van der Waals surface area (Å²) < 4.78 is 0. The van der Waals surface area contributed by atoms with E-state index in [1.165, 1.54) is 6.07 Å². The molecule has 2 rings (SSSR count). The Morgan fingerprint density at radius 3 is 2.80 bits per heavy atom. The summed E-state index contributed by atoms with van der Waals surface area (Å²) in [4.78, 5) is 25.3. The van der Waals surface area contributed by atoms with Crippen LogP contribution in [0.15, 0.2) is 42.6 Å². The number of nitro groups is 1. The maximum Gasteiger partial charge on any atom is 0.293 e. The molecular weight excluding hydrogens is 258 g/mol. The number of hydrogen-bond acceptors (Lipinski definition) is 5. The second kappa shape index (κ2) is 6.42. The van der Waals surface area contributed by atoms with E-state index >= 15 is 0 Å². The summed E-state index contributed by atoms with van der Waals surface area (Å²) in [6.45, 7) is 0.526. The van der Waals surface area contributed by atoms with Crippen molar-refractivity contribution >= 4 is 17.7 Å². The Kier molecular flexibility index (Phi) is 4.39. The topological polar surface area (TPSA) is 85.1 Å². The maximum absolute atomic E-state index is 11.0. The number of aromatic nitrogens is 1. The quantitative estimate of drug-likeness (QED) is 0.495. The summed E-state index contributed by atoms with van der Waals surface area (Å²) in [5, 5.41) is 14.0. The molecule has 102 valence electrons. The van der Waals surface area contributed by atoms with Gasteiger partial charge in [0.1, 0.15) is 12.0 Å². The molecule has 0 aliphatic rings. The van der Waals surface area contributed by atoms with Crippen LogP contribution in [-0.2, 0) is 6.42 Å². The van der Waals surface area contributed by atoms with E-state index in [4.69, 9.17) is 0 Å². The van der Waals surface area contributed by atoms with Crippen molar-refractivity contribution in [3.63, 3.8) is 0 Å². The molecule has 0 saturated heterocycles. The van der Waals surface area contributed by atoms with E-state index in [1.807, 2.05) is 18.2 Å². The summed E-state index contributed by atoms with van der Waals surface area (Å²) >= 11 is 0. The van der Waals surface area contributed by atoms with Crippen molar-refractivity contribution in [3.05, 3.63) is 64.0 Å². The molecule has 0 radical (unpaired) electrons. The molecule has 0 unspecified atom stereocenters. The first-order valence-electron chi connectivity index (χ1n) is 6.08. The van der Waals surface area contributed by atoms with Crippen molar-refractivity contribution in [2.75, 3.05) is 11.9 Å². The van der Waals surface area contributed by atoms with Gasteiger partial charge in [0, 0.05) is 36.5 Å². The van der Waals surface area contributed by atoms with Gasteiger partial charge in [0.2, 0.25) is 0 Å². The van der Waals surface area contributed by atoms with Crippen LogP contribution < -0.4 is 5.32 Å². The number of rotatable bonds is 6. The molecule has 1 aromatic carbocycles. The molecule has 0 amide bonds. The van der Waals surface area contributed by atoms with Crippen molar-refractivity contribution in [1.82, 2.24) is 4.98 Å². The number of pyridine rings is 1. The molecule has 6 nitrogen and oxygen atoms in total. The van der Waals surface area contributed by atoms with Gasteiger partial charge in [-0.1, -0.05) is 6.07 Å². The van der Waals surface area contributed by atoms with Gasteiger partial charge in [-0.3, -0.25) is 19.9 Å². The fourth-order valence-electron chi connectivity index (χ4n) is 1.79. The lowest BCUT2D eigenvalue weighted by atomic mass is 10.2. The molecule has 0 aliphatic carbocycles. The number of aldehydes is 1. The number of nitrogens with one attached hydrogen (secondary N) is 1. The fourth-order valence-corrected chi connectivity index (χ4v) is 1.79. The molecule has 0 fully saturated rings. The first-order chi connectivity index (χ1) is 9.70. The Bertz CT molecular complexity index is 614. The van der Waals surface area contributed by atoms with Gasteiger partial charge < -0.3 is 5.32 Å². The summed E-state index contributed by atoms with van der Waals surface area (Å²) in [6, 6.07) is 9.97. The third kappa shape index (κ3) is 3.38. The SMILES string of the molecule is O=Cc1ccc(NCCc2ccccn2)c([N+](=O)[O-])c1. The molecule has 2 aromatic rings. The summed E-state index contributed by atoms with van der Waals surface area (Å²) in [5.74, 6) is 0. The maximum atomic E-state index is 11.0. The van der Waals surface area contributed by atoms with Gasteiger partial charge in [0.05, 0.1) is 4.92 Å². The van der Waals surface area contributed by atoms with E-state index < -0.39 is 4.92 Å². The smallest absolute Gasteiger partial charge is 0.293 e. The number of carbonyl (C=O) groups is 1. The van der Waals surface area contributed by atoms with E-state index in [2.05, 4.69) is 10.3 Å². The van der Waals surface area contributed by atoms with Crippen LogP contribution >= 0.6 is 0 Å². The number of anilines is 1. The molecule has 0 aliphatic heterocycles. The molecule has 0 bridgehead atoms. The first-order valence-corrected chi connectivity index (χ1v) is 6.08. The van der Waals surface area contributed by atoms with E-state index in [0.717, 1.165) is 5.69 Å². The monoisotopic (exact) mass is 271 g/mol. The Balaban J connectivity index is 2.05. The van der Waals surface area contributed by atoms with E-state index in [1.54, 1.807) is 18.3 Å². The fraction of sp³-hybridized carbons (Fsp3) is 0.143. The second-order valence-electron chi connectivity index (χ2n) is 4.15. The van der Waals surface area contributed by atoms with E-state index in [-0.39, 0.29) is 11.3 Å². The Morgan fingerprint density at radius 1 is 1.30 bits per heavy atom. The van der Waals surface area contributed by atoms with Gasteiger partial charge in [0.15, 0.2) is 0 Å². The predicted molar refractivity (Wildman–Crippen MR) is 74.9 cm³/mol. The minimum Gasteiger partial charge on any atom is -0.379 e. The zero-order valence-corrected chi connectivity index (χ0v) is 10.7. The standard InChI is InChI=1S/C14H13N3O3/c18-10-11-4-5-13(14(9-11)17(19)20)16-8-6-12-3-1-2-7-15-12/h1-5,7,9-10,16H,6,8H2. The lowest BCUT2D eigenvalue weighted by Crippen LogP contribution is -2.08. The Labute approximate surface area is 115 Å². The minimum absolute atomic E-state index is 0.101. The third-order valence-corrected chi connectivity index (χ3v) is 2.78. The van der Waals surface area contributed by atoms with Crippen molar-refractivity contribution in [2.24, 2.45) is 0 Å². The molecule has 20 heavy (non-hydrogen) atoms. The Hall–Kier alpha value is -2.76. The van der Waals surface area contributed by atoms with Gasteiger partial charge in [-0.2, -0.15) is 0 Å². The zero-order chi connectivity index (χ0) is 14.4. The predicted octanol–water partition coefficient (Wildman–Crippen LogP) is 2.46. The first kappa shape index (κ1) is 13.7. The number of hydrogen-bond donors (Lipinski definition) is 1. The van der Waals surface area contributed by atoms with Crippen LogP contribution in [-0.4, -0.2) is 22.7 Å². The summed E-state index contributed by atoms with van der Waals surface area (Å²) in [7, 11) is 0. The van der Waals surface area contributed by atoms with Crippen molar-refractivity contribution in [2.45, 2.75) is 6.42 Å². The lowest BCUT2D eigenvalue weighted by molar-refractivity contribution is -0.384. The van der Waals surface area contributed by atoms with Crippen LogP contribution in [0, 0.1) is 10.1 Å². The Morgan fingerprint density at radius 2 is 2.15 bits per heavy atom. The molecule has 6 heteroatoms. The van der Waals surface area contributed by atoms with Crippen LogP contribution in [0.2, 0.25) is 0 Å². The number of nitro benzene ring substituents is 1. The van der Waals surface area contributed by atoms with E-state index in [9.17, 15) is 14.9 Å². The van der Waals surface area contributed by atoms with Gasteiger partial charge >= 0.3 is 0 Å². The van der Waals surface area contributed by atoms with E-state index in [0.29, 0.717) is 24.9 Å². The van der Waals surface area contributed by atoms with Gasteiger partial charge in [-0.15, -0.1) is 0 Å². The molecule has 0 saturated carbocycles. The summed E-state index contributed by atoms with van der Waals surface area (Å²) in [6.07, 6.45) is 2.95. The molecule has 1 heterocycles. The van der Waals surface area contributed by atoms with Crippen LogP contribution in [0.4, 0.5) is 11.4 Å². The van der Waals surface area contributed by atoms with Crippen molar-refractivity contribution < 1.29 is 9.72 Å². The van der Waals surface area contributed by atoms with Crippen LogP contribution in [0.1, 0.15) is 16.1 Å². The van der Waals surface area contributed by atoms with Crippen LogP contribution in [0.5, 0.6) is 0 Å². The normalized spacial score (nSPS) is 10.0. The van der Waals surface area contributed by atoms with Crippen LogP contribution in [0.3, 0.4) is 0 Å². The molecule has 1 N–H and O–H groups in total. The van der Waals surface area contributed by atoms with Gasteiger partial charge in [-0.05, 0) is 24.3 Å². The zero-order valence-electron chi connectivity index (χ0n) is 10.7. The average molecular weight is 271 g/mol. The van der Waals surface area contributed by atoms with Gasteiger partial charge in [0.25, 0.3) is 5.69 Å². The lowest BCUT2D eigenvalue weighted by Gasteiger charge is -2.07. The molecular formula is C14H13N3O3. The summed E-state index contributed by atoms with van der Waals surface area (Å²) in [5.41, 5.74) is 1.49. The minimum atomic E-state index is -0.504. The van der Waals surface area contributed by atoms with Crippen LogP contribution in [0.25, 0.3) is 0 Å². The highest BCUT2D eigenvalue weighted by molar-refractivity contribution is 5.79. The highest BCUT2D eigenvalue weighted by Gasteiger charge is 2.14. The largest absolute Gasteiger partial charge is 0.379 e. The number of carbonyl (C=O) groups excluding carboxylic acids is 1.